The zero-order valence-electron chi connectivity index (χ0n) is 12.1. The molecule has 106 valence electrons. The molecule has 0 aliphatic heterocycles. The highest BCUT2D eigenvalue weighted by atomic mass is 16.5. The molecule has 0 amide bonds. The summed E-state index contributed by atoms with van der Waals surface area (Å²) in [5, 5.41) is 3.34. The molecule has 0 aliphatic rings. The van der Waals surface area contributed by atoms with Crippen molar-refractivity contribution in [1.82, 2.24) is 15.3 Å². The second kappa shape index (κ2) is 7.60. The lowest BCUT2D eigenvalue weighted by molar-refractivity contribution is 0.414. The summed E-state index contributed by atoms with van der Waals surface area (Å²) in [5.41, 5.74) is 2.27. The van der Waals surface area contributed by atoms with Gasteiger partial charge in [-0.15, -0.1) is 0 Å². The molecule has 4 nitrogen and oxygen atoms in total. The van der Waals surface area contributed by atoms with Crippen LogP contribution >= 0.6 is 0 Å². The van der Waals surface area contributed by atoms with Gasteiger partial charge in [-0.1, -0.05) is 19.1 Å². The SMILES string of the molecule is CCCNCc1cnc(Cc2cccc(OC)c2)nc1. The van der Waals surface area contributed by atoms with Crippen LogP contribution in [0.15, 0.2) is 36.7 Å². The van der Waals surface area contributed by atoms with Gasteiger partial charge < -0.3 is 10.1 Å². The lowest BCUT2D eigenvalue weighted by Gasteiger charge is -2.05. The van der Waals surface area contributed by atoms with Gasteiger partial charge in [0.05, 0.1) is 7.11 Å². The van der Waals surface area contributed by atoms with Crippen LogP contribution in [0.4, 0.5) is 0 Å². The standard InChI is InChI=1S/C16H21N3O/c1-3-7-17-10-14-11-18-16(19-12-14)9-13-5-4-6-15(8-13)20-2/h4-6,8,11-12,17H,3,7,9-10H2,1-2H3. The average Bonchev–Trinajstić information content (AvgIpc) is 2.49. The molecule has 1 N–H and O–H groups in total. The van der Waals surface area contributed by atoms with Crippen LogP contribution in [0.25, 0.3) is 0 Å². The van der Waals surface area contributed by atoms with Crippen molar-refractivity contribution in [3.05, 3.63) is 53.6 Å². The molecule has 0 saturated heterocycles. The molecule has 0 spiro atoms. The molecular formula is C16H21N3O. The van der Waals surface area contributed by atoms with E-state index < -0.39 is 0 Å². The van der Waals surface area contributed by atoms with Crippen molar-refractivity contribution in [2.24, 2.45) is 0 Å². The van der Waals surface area contributed by atoms with Crippen molar-refractivity contribution in [1.29, 1.82) is 0 Å². The molecule has 0 bridgehead atoms. The van der Waals surface area contributed by atoms with Gasteiger partial charge in [-0.25, -0.2) is 9.97 Å². The summed E-state index contributed by atoms with van der Waals surface area (Å²) in [7, 11) is 1.67. The van der Waals surface area contributed by atoms with Crippen molar-refractivity contribution < 1.29 is 4.74 Å². The van der Waals surface area contributed by atoms with Crippen LogP contribution in [0.2, 0.25) is 0 Å². The number of benzene rings is 1. The van der Waals surface area contributed by atoms with Gasteiger partial charge in [0.1, 0.15) is 11.6 Å². The highest BCUT2D eigenvalue weighted by Gasteiger charge is 2.01. The minimum atomic E-state index is 0.722. The minimum absolute atomic E-state index is 0.722. The molecule has 0 unspecified atom stereocenters. The summed E-state index contributed by atoms with van der Waals surface area (Å²) in [6.07, 6.45) is 5.64. The van der Waals surface area contributed by atoms with E-state index in [9.17, 15) is 0 Å². The first-order valence-corrected chi connectivity index (χ1v) is 6.95. The maximum absolute atomic E-state index is 5.22. The third kappa shape index (κ3) is 4.31. The number of aromatic nitrogens is 2. The number of nitrogens with zero attached hydrogens (tertiary/aromatic N) is 2. The average molecular weight is 271 g/mol. The maximum Gasteiger partial charge on any atom is 0.132 e. The van der Waals surface area contributed by atoms with Gasteiger partial charge in [-0.3, -0.25) is 0 Å². The number of ether oxygens (including phenoxy) is 1. The smallest absolute Gasteiger partial charge is 0.132 e. The Balaban J connectivity index is 1.95. The van der Waals surface area contributed by atoms with Gasteiger partial charge in [0.15, 0.2) is 0 Å². The summed E-state index contributed by atoms with van der Waals surface area (Å²) in [4.78, 5) is 8.83. The zero-order valence-corrected chi connectivity index (χ0v) is 12.1. The number of hydrogen-bond acceptors (Lipinski definition) is 4. The van der Waals surface area contributed by atoms with E-state index in [0.717, 1.165) is 48.6 Å². The minimum Gasteiger partial charge on any atom is -0.497 e. The normalized spacial score (nSPS) is 10.5. The molecule has 20 heavy (non-hydrogen) atoms. The van der Waals surface area contributed by atoms with Gasteiger partial charge in [0.2, 0.25) is 0 Å². The predicted octanol–water partition coefficient (Wildman–Crippen LogP) is 2.58. The number of hydrogen-bond donors (Lipinski definition) is 1. The van der Waals surface area contributed by atoms with E-state index in [1.54, 1.807) is 7.11 Å². The Morgan fingerprint density at radius 3 is 2.65 bits per heavy atom. The Bertz CT molecular complexity index is 526. The van der Waals surface area contributed by atoms with Crippen LogP contribution in [0.1, 0.15) is 30.3 Å². The second-order valence-corrected chi connectivity index (χ2v) is 4.71. The first-order valence-electron chi connectivity index (χ1n) is 6.95. The van der Waals surface area contributed by atoms with Crippen LogP contribution < -0.4 is 10.1 Å². The van der Waals surface area contributed by atoms with Gasteiger partial charge in [-0.2, -0.15) is 0 Å². The molecule has 0 atom stereocenters. The molecule has 2 rings (SSSR count). The second-order valence-electron chi connectivity index (χ2n) is 4.71. The van der Waals surface area contributed by atoms with Gasteiger partial charge in [-0.05, 0) is 30.7 Å². The molecule has 1 heterocycles. The third-order valence-corrected chi connectivity index (χ3v) is 3.01. The van der Waals surface area contributed by atoms with Crippen LogP contribution in [-0.2, 0) is 13.0 Å². The molecule has 0 aliphatic carbocycles. The summed E-state index contributed by atoms with van der Waals surface area (Å²) in [6.45, 7) is 4.00. The Morgan fingerprint density at radius 1 is 1.15 bits per heavy atom. The predicted molar refractivity (Wildman–Crippen MR) is 79.8 cm³/mol. The maximum atomic E-state index is 5.22. The Labute approximate surface area is 120 Å². The topological polar surface area (TPSA) is 47.0 Å². The van der Waals surface area contributed by atoms with E-state index in [0.29, 0.717) is 0 Å². The summed E-state index contributed by atoms with van der Waals surface area (Å²) in [6, 6.07) is 7.99. The first kappa shape index (κ1) is 14.5. The largest absolute Gasteiger partial charge is 0.497 e. The van der Waals surface area contributed by atoms with Crippen LogP contribution in [0.3, 0.4) is 0 Å². The van der Waals surface area contributed by atoms with E-state index in [1.165, 1.54) is 0 Å². The summed E-state index contributed by atoms with van der Waals surface area (Å²) >= 11 is 0. The van der Waals surface area contributed by atoms with Crippen molar-refractivity contribution in [3.63, 3.8) is 0 Å². The van der Waals surface area contributed by atoms with Crippen molar-refractivity contribution in [2.75, 3.05) is 13.7 Å². The molecule has 2 aromatic rings. The van der Waals surface area contributed by atoms with Crippen molar-refractivity contribution in [3.8, 4) is 5.75 Å². The number of rotatable bonds is 7. The third-order valence-electron chi connectivity index (χ3n) is 3.01. The Kier molecular flexibility index (Phi) is 5.50. The fraction of sp³-hybridized carbons (Fsp3) is 0.375. The molecule has 1 aromatic heterocycles. The van der Waals surface area contributed by atoms with E-state index >= 15 is 0 Å². The molecule has 0 fully saturated rings. The van der Waals surface area contributed by atoms with Crippen molar-refractivity contribution >= 4 is 0 Å². The van der Waals surface area contributed by atoms with E-state index in [1.807, 2.05) is 30.6 Å². The first-order chi connectivity index (χ1) is 9.81. The fourth-order valence-electron chi connectivity index (χ4n) is 1.94. The quantitative estimate of drug-likeness (QED) is 0.786. The van der Waals surface area contributed by atoms with Gasteiger partial charge >= 0.3 is 0 Å². The highest BCUT2D eigenvalue weighted by molar-refractivity contribution is 5.30. The molecule has 4 heteroatoms. The van der Waals surface area contributed by atoms with Crippen LogP contribution in [-0.4, -0.2) is 23.6 Å². The van der Waals surface area contributed by atoms with Crippen LogP contribution in [0, 0.1) is 0 Å². The lowest BCUT2D eigenvalue weighted by Crippen LogP contribution is -2.14. The Morgan fingerprint density at radius 2 is 1.95 bits per heavy atom. The van der Waals surface area contributed by atoms with Gasteiger partial charge in [0.25, 0.3) is 0 Å². The van der Waals surface area contributed by atoms with E-state index in [4.69, 9.17) is 4.74 Å². The summed E-state index contributed by atoms with van der Waals surface area (Å²) < 4.78 is 5.22. The number of methoxy groups -OCH3 is 1. The Hall–Kier alpha value is -1.94. The van der Waals surface area contributed by atoms with Gasteiger partial charge in [0, 0.05) is 30.9 Å². The molecular weight excluding hydrogens is 250 g/mol. The number of nitrogens with one attached hydrogen (secondary N) is 1. The van der Waals surface area contributed by atoms with Crippen LogP contribution in [0.5, 0.6) is 5.75 Å². The summed E-state index contributed by atoms with van der Waals surface area (Å²) in [5.74, 6) is 1.69. The highest BCUT2D eigenvalue weighted by Crippen LogP contribution is 2.14. The lowest BCUT2D eigenvalue weighted by atomic mass is 10.1. The molecule has 0 radical (unpaired) electrons. The van der Waals surface area contributed by atoms with E-state index in [2.05, 4.69) is 28.3 Å². The van der Waals surface area contributed by atoms with E-state index in [-0.39, 0.29) is 0 Å². The monoisotopic (exact) mass is 271 g/mol. The molecule has 1 aromatic carbocycles. The fourth-order valence-corrected chi connectivity index (χ4v) is 1.94. The zero-order chi connectivity index (χ0) is 14.2. The van der Waals surface area contributed by atoms with Crippen molar-refractivity contribution in [2.45, 2.75) is 26.3 Å². The molecule has 0 saturated carbocycles.